The number of rotatable bonds is 3. The Labute approximate surface area is 63.3 Å². The third kappa shape index (κ3) is 7.15. The van der Waals surface area contributed by atoms with Crippen LogP contribution in [-0.2, 0) is 0 Å². The average Bonchev–Trinajstić information content (AvgIpc) is 1.79. The van der Waals surface area contributed by atoms with Crippen molar-refractivity contribution >= 4 is 5.84 Å². The number of alkyl halides is 3. The lowest BCUT2D eigenvalue weighted by atomic mass is 10.4. The van der Waals surface area contributed by atoms with Crippen LogP contribution in [0, 0.1) is 0 Å². The van der Waals surface area contributed by atoms with Crippen molar-refractivity contribution in [2.24, 2.45) is 10.7 Å². The fourth-order valence-electron chi connectivity index (χ4n) is 0.517. The fraction of sp³-hybridized carbons (Fsp3) is 0.833. The van der Waals surface area contributed by atoms with Gasteiger partial charge in [-0.1, -0.05) is 6.92 Å². The summed E-state index contributed by atoms with van der Waals surface area (Å²) in [7, 11) is 0. The molecule has 0 aliphatic heterocycles. The van der Waals surface area contributed by atoms with Gasteiger partial charge in [-0.15, -0.1) is 0 Å². The van der Waals surface area contributed by atoms with Gasteiger partial charge in [0.25, 0.3) is 0 Å². The van der Waals surface area contributed by atoms with Crippen LogP contribution in [0.2, 0.25) is 0 Å². The molecule has 0 aromatic heterocycles. The molecule has 0 fully saturated rings. The quantitative estimate of drug-likeness (QED) is 0.505. The molecule has 0 saturated carbocycles. The number of amidine groups is 1. The van der Waals surface area contributed by atoms with E-state index in [2.05, 4.69) is 4.99 Å². The molecule has 2 nitrogen and oxygen atoms in total. The lowest BCUT2D eigenvalue weighted by Gasteiger charge is -2.04. The maximum atomic E-state index is 11.6. The van der Waals surface area contributed by atoms with Crippen molar-refractivity contribution in [2.45, 2.75) is 25.9 Å². The first-order chi connectivity index (χ1) is 4.95. The van der Waals surface area contributed by atoms with E-state index in [9.17, 15) is 13.2 Å². The van der Waals surface area contributed by atoms with Crippen molar-refractivity contribution in [2.75, 3.05) is 6.54 Å². The number of hydrogen-bond acceptors (Lipinski definition) is 1. The van der Waals surface area contributed by atoms with E-state index in [0.717, 1.165) is 0 Å². The molecular formula is C6H11F3N2. The van der Waals surface area contributed by atoms with E-state index in [1.165, 1.54) is 0 Å². The van der Waals surface area contributed by atoms with Gasteiger partial charge < -0.3 is 5.73 Å². The second-order valence-corrected chi connectivity index (χ2v) is 2.17. The minimum absolute atomic E-state index is 0.334. The second kappa shape index (κ2) is 4.20. The van der Waals surface area contributed by atoms with Crippen LogP contribution < -0.4 is 5.73 Å². The smallest absolute Gasteiger partial charge is 0.387 e. The SMILES string of the molecule is CCCN=C(N)CC(F)(F)F. The van der Waals surface area contributed by atoms with Gasteiger partial charge in [0.2, 0.25) is 0 Å². The van der Waals surface area contributed by atoms with Crippen LogP contribution in [0.5, 0.6) is 0 Å². The topological polar surface area (TPSA) is 38.4 Å². The summed E-state index contributed by atoms with van der Waals surface area (Å²) in [6, 6.07) is 0. The number of halogens is 3. The van der Waals surface area contributed by atoms with Crippen molar-refractivity contribution in [3.05, 3.63) is 0 Å². The number of nitrogens with two attached hydrogens (primary N) is 1. The summed E-state index contributed by atoms with van der Waals surface area (Å²) < 4.78 is 34.7. The van der Waals surface area contributed by atoms with E-state index in [4.69, 9.17) is 5.73 Å². The van der Waals surface area contributed by atoms with E-state index in [1.54, 1.807) is 0 Å². The van der Waals surface area contributed by atoms with Gasteiger partial charge in [0.05, 0.1) is 0 Å². The normalized spacial score (nSPS) is 13.6. The summed E-state index contributed by atoms with van der Waals surface area (Å²) in [5.41, 5.74) is 4.98. The Hall–Kier alpha value is -0.740. The highest BCUT2D eigenvalue weighted by atomic mass is 19.4. The van der Waals surface area contributed by atoms with Crippen LogP contribution in [0.1, 0.15) is 19.8 Å². The monoisotopic (exact) mass is 168 g/mol. The van der Waals surface area contributed by atoms with Crippen molar-refractivity contribution < 1.29 is 13.2 Å². The molecule has 0 rings (SSSR count). The third-order valence-corrected chi connectivity index (χ3v) is 0.920. The Morgan fingerprint density at radius 1 is 1.45 bits per heavy atom. The van der Waals surface area contributed by atoms with Crippen LogP contribution in [-0.4, -0.2) is 18.6 Å². The maximum Gasteiger partial charge on any atom is 0.395 e. The molecule has 0 aromatic carbocycles. The minimum Gasteiger partial charge on any atom is -0.387 e. The standard InChI is InChI=1S/C6H11F3N2/c1-2-3-11-5(10)4-6(7,8)9/h2-4H2,1H3,(H2,10,11). The third-order valence-electron chi connectivity index (χ3n) is 0.920. The van der Waals surface area contributed by atoms with Gasteiger partial charge in [-0.2, -0.15) is 13.2 Å². The van der Waals surface area contributed by atoms with Gasteiger partial charge in [-0.3, -0.25) is 4.99 Å². The number of hydrogen-bond donors (Lipinski definition) is 1. The molecule has 0 aliphatic carbocycles. The van der Waals surface area contributed by atoms with Crippen molar-refractivity contribution in [1.82, 2.24) is 0 Å². The molecule has 0 saturated heterocycles. The van der Waals surface area contributed by atoms with Crippen LogP contribution in [0.3, 0.4) is 0 Å². The fourth-order valence-corrected chi connectivity index (χ4v) is 0.517. The van der Waals surface area contributed by atoms with Crippen LogP contribution >= 0.6 is 0 Å². The molecule has 0 amide bonds. The Morgan fingerprint density at radius 3 is 2.36 bits per heavy atom. The van der Waals surface area contributed by atoms with Crippen LogP contribution in [0.4, 0.5) is 13.2 Å². The highest BCUT2D eigenvalue weighted by Crippen LogP contribution is 2.18. The molecular weight excluding hydrogens is 157 g/mol. The molecule has 0 atom stereocenters. The first-order valence-corrected chi connectivity index (χ1v) is 3.31. The van der Waals surface area contributed by atoms with Gasteiger partial charge in [-0.05, 0) is 6.42 Å². The molecule has 5 heteroatoms. The number of nitrogens with zero attached hydrogens (tertiary/aromatic N) is 1. The Morgan fingerprint density at radius 2 is 2.00 bits per heavy atom. The van der Waals surface area contributed by atoms with Crippen molar-refractivity contribution in [3.63, 3.8) is 0 Å². The van der Waals surface area contributed by atoms with Gasteiger partial charge in [0, 0.05) is 6.54 Å². The molecule has 2 N–H and O–H groups in total. The van der Waals surface area contributed by atoms with E-state index in [0.29, 0.717) is 13.0 Å². The molecule has 0 unspecified atom stereocenters. The summed E-state index contributed by atoms with van der Waals surface area (Å²) in [5, 5.41) is 0. The van der Waals surface area contributed by atoms with Crippen molar-refractivity contribution in [3.8, 4) is 0 Å². The minimum atomic E-state index is -4.23. The van der Waals surface area contributed by atoms with Crippen LogP contribution in [0.15, 0.2) is 4.99 Å². The summed E-state index contributed by atoms with van der Waals surface area (Å²) in [6.07, 6.45) is -4.63. The lowest BCUT2D eigenvalue weighted by molar-refractivity contribution is -0.121. The zero-order valence-corrected chi connectivity index (χ0v) is 6.28. The van der Waals surface area contributed by atoms with Gasteiger partial charge in [0.1, 0.15) is 12.3 Å². The molecule has 0 radical (unpaired) electrons. The molecule has 0 heterocycles. The van der Waals surface area contributed by atoms with E-state index in [1.807, 2.05) is 6.92 Å². The van der Waals surface area contributed by atoms with Crippen LogP contribution in [0.25, 0.3) is 0 Å². The second-order valence-electron chi connectivity index (χ2n) is 2.17. The molecule has 0 bridgehead atoms. The van der Waals surface area contributed by atoms with Gasteiger partial charge in [0.15, 0.2) is 0 Å². The summed E-state index contributed by atoms with van der Waals surface area (Å²) in [4.78, 5) is 3.50. The highest BCUT2D eigenvalue weighted by molar-refractivity contribution is 5.80. The van der Waals surface area contributed by atoms with E-state index in [-0.39, 0.29) is 5.84 Å². The number of aliphatic imine (C=N–C) groups is 1. The Bertz CT molecular complexity index is 139. The zero-order valence-electron chi connectivity index (χ0n) is 6.28. The first kappa shape index (κ1) is 10.3. The van der Waals surface area contributed by atoms with Gasteiger partial charge >= 0.3 is 6.18 Å². The predicted molar refractivity (Wildman–Crippen MR) is 37.5 cm³/mol. The zero-order chi connectivity index (χ0) is 8.91. The van der Waals surface area contributed by atoms with Gasteiger partial charge in [-0.25, -0.2) is 0 Å². The molecule has 0 aromatic rings. The maximum absolute atomic E-state index is 11.6. The molecule has 66 valence electrons. The predicted octanol–water partition coefficient (Wildman–Crippen LogP) is 1.71. The molecule has 0 aliphatic rings. The Kier molecular flexibility index (Phi) is 3.92. The highest BCUT2D eigenvalue weighted by Gasteiger charge is 2.28. The lowest BCUT2D eigenvalue weighted by Crippen LogP contribution is -2.22. The van der Waals surface area contributed by atoms with E-state index < -0.39 is 12.6 Å². The largest absolute Gasteiger partial charge is 0.395 e. The molecule has 0 spiro atoms. The first-order valence-electron chi connectivity index (χ1n) is 3.31. The molecule has 11 heavy (non-hydrogen) atoms. The van der Waals surface area contributed by atoms with Crippen molar-refractivity contribution in [1.29, 1.82) is 0 Å². The average molecular weight is 168 g/mol. The summed E-state index contributed by atoms with van der Waals surface area (Å²) in [6.45, 7) is 2.19. The van der Waals surface area contributed by atoms with E-state index >= 15 is 0 Å². The Balaban J connectivity index is 3.76. The summed E-state index contributed by atoms with van der Waals surface area (Å²) >= 11 is 0. The summed E-state index contributed by atoms with van der Waals surface area (Å²) in [5.74, 6) is -0.334.